The zero-order valence-electron chi connectivity index (χ0n) is 11.0. The summed E-state index contributed by atoms with van der Waals surface area (Å²) in [4.78, 5) is 10.9. The summed E-state index contributed by atoms with van der Waals surface area (Å²) in [5.74, 6) is -1.28. The van der Waals surface area contributed by atoms with Crippen LogP contribution in [0, 0.1) is 6.92 Å². The van der Waals surface area contributed by atoms with E-state index in [9.17, 15) is 13.2 Å². The first-order valence-corrected chi connectivity index (χ1v) is 7.68. The highest BCUT2D eigenvalue weighted by Gasteiger charge is 2.18. The number of carboxylic acid groups (broad SMARTS) is 1. The predicted molar refractivity (Wildman–Crippen MR) is 71.3 cm³/mol. The van der Waals surface area contributed by atoms with Gasteiger partial charge < -0.3 is 9.84 Å². The smallest absolute Gasteiger partial charge is 0.335 e. The minimum Gasteiger partial charge on any atom is -0.478 e. The van der Waals surface area contributed by atoms with Crippen molar-refractivity contribution >= 4 is 15.8 Å². The molecule has 0 saturated heterocycles. The second-order valence-corrected chi connectivity index (χ2v) is 6.29. The molecule has 6 heteroatoms. The fraction of sp³-hybridized carbons (Fsp3) is 0.462. The third-order valence-corrected chi connectivity index (χ3v) is 4.43. The second-order valence-electron chi connectivity index (χ2n) is 4.22. The molecule has 0 radical (unpaired) electrons. The minimum absolute atomic E-state index is 0.0290. The molecule has 0 unspecified atom stereocenters. The van der Waals surface area contributed by atoms with Crippen molar-refractivity contribution < 1.29 is 23.1 Å². The number of sulfone groups is 1. The van der Waals surface area contributed by atoms with E-state index in [0.717, 1.165) is 6.42 Å². The Labute approximate surface area is 113 Å². The largest absolute Gasteiger partial charge is 0.478 e. The maximum Gasteiger partial charge on any atom is 0.335 e. The Morgan fingerprint density at radius 3 is 2.58 bits per heavy atom. The molecule has 0 aliphatic rings. The number of aromatic carboxylic acids is 1. The normalized spacial score (nSPS) is 11.5. The Bertz CT molecular complexity index is 548. The molecule has 0 spiro atoms. The highest BCUT2D eigenvalue weighted by Crippen LogP contribution is 2.18. The third kappa shape index (κ3) is 4.33. The molecule has 1 rings (SSSR count). The molecule has 5 nitrogen and oxygen atoms in total. The lowest BCUT2D eigenvalue weighted by Gasteiger charge is -2.09. The van der Waals surface area contributed by atoms with E-state index in [0.29, 0.717) is 12.2 Å². The van der Waals surface area contributed by atoms with Crippen molar-refractivity contribution in [2.24, 2.45) is 0 Å². The van der Waals surface area contributed by atoms with E-state index in [1.807, 2.05) is 6.92 Å². The number of ether oxygens (including phenoxy) is 1. The van der Waals surface area contributed by atoms with Gasteiger partial charge in [-0.1, -0.05) is 13.0 Å². The quantitative estimate of drug-likeness (QED) is 0.774. The summed E-state index contributed by atoms with van der Waals surface area (Å²) >= 11 is 0. The Morgan fingerprint density at radius 2 is 2.00 bits per heavy atom. The van der Waals surface area contributed by atoms with Gasteiger partial charge in [-0.25, -0.2) is 13.2 Å². The third-order valence-electron chi connectivity index (χ3n) is 2.62. The molecule has 0 bridgehead atoms. The van der Waals surface area contributed by atoms with Gasteiger partial charge in [0.25, 0.3) is 0 Å². The molecule has 0 aliphatic carbocycles. The van der Waals surface area contributed by atoms with Gasteiger partial charge in [0.15, 0.2) is 9.84 Å². The van der Waals surface area contributed by atoms with Crippen LogP contribution in [0.1, 0.15) is 29.3 Å². The van der Waals surface area contributed by atoms with E-state index < -0.39 is 15.8 Å². The van der Waals surface area contributed by atoms with Crippen molar-refractivity contribution in [3.63, 3.8) is 0 Å². The predicted octanol–water partition coefficient (Wildman–Crippen LogP) is 1.89. The molecule has 0 fully saturated rings. The summed E-state index contributed by atoms with van der Waals surface area (Å²) in [5.41, 5.74) is 0.513. The lowest BCUT2D eigenvalue weighted by Crippen LogP contribution is -2.14. The number of carboxylic acids is 1. The Kier molecular flexibility index (Phi) is 5.50. The molecule has 0 saturated carbocycles. The molecule has 19 heavy (non-hydrogen) atoms. The fourth-order valence-corrected chi connectivity index (χ4v) is 3.02. The second kappa shape index (κ2) is 6.68. The van der Waals surface area contributed by atoms with Gasteiger partial charge in [0, 0.05) is 6.61 Å². The van der Waals surface area contributed by atoms with Crippen LogP contribution in [0.25, 0.3) is 0 Å². The van der Waals surface area contributed by atoms with Crippen molar-refractivity contribution in [2.45, 2.75) is 25.2 Å². The SMILES string of the molecule is CCCOCCS(=O)(=O)c1cc(C(=O)O)ccc1C. The number of carbonyl (C=O) groups is 1. The van der Waals surface area contributed by atoms with Gasteiger partial charge in [0.2, 0.25) is 0 Å². The zero-order chi connectivity index (χ0) is 14.5. The van der Waals surface area contributed by atoms with Gasteiger partial charge in [-0.15, -0.1) is 0 Å². The molecule has 0 atom stereocenters. The number of hydrogen-bond donors (Lipinski definition) is 1. The van der Waals surface area contributed by atoms with E-state index in [1.54, 1.807) is 6.92 Å². The van der Waals surface area contributed by atoms with Crippen LogP contribution in [0.4, 0.5) is 0 Å². The Hall–Kier alpha value is -1.40. The Morgan fingerprint density at radius 1 is 1.32 bits per heavy atom. The first-order valence-electron chi connectivity index (χ1n) is 6.03. The van der Waals surface area contributed by atoms with Crippen molar-refractivity contribution in [3.05, 3.63) is 29.3 Å². The fourth-order valence-electron chi connectivity index (χ4n) is 1.59. The Balaban J connectivity index is 2.94. The van der Waals surface area contributed by atoms with E-state index in [2.05, 4.69) is 0 Å². The van der Waals surface area contributed by atoms with E-state index in [4.69, 9.17) is 9.84 Å². The first-order chi connectivity index (χ1) is 8.88. The molecular weight excluding hydrogens is 268 g/mol. The first kappa shape index (κ1) is 15.7. The van der Waals surface area contributed by atoms with Crippen molar-refractivity contribution in [1.29, 1.82) is 0 Å². The molecule has 0 amide bonds. The number of aryl methyl sites for hydroxylation is 1. The van der Waals surface area contributed by atoms with Crippen LogP contribution in [0.5, 0.6) is 0 Å². The van der Waals surface area contributed by atoms with Gasteiger partial charge >= 0.3 is 5.97 Å². The topological polar surface area (TPSA) is 80.7 Å². The molecule has 0 aromatic heterocycles. The van der Waals surface area contributed by atoms with E-state index >= 15 is 0 Å². The maximum atomic E-state index is 12.1. The summed E-state index contributed by atoms with van der Waals surface area (Å²) in [6.07, 6.45) is 0.827. The van der Waals surface area contributed by atoms with Crippen LogP contribution >= 0.6 is 0 Å². The van der Waals surface area contributed by atoms with Gasteiger partial charge in [-0.3, -0.25) is 0 Å². The molecular formula is C13H18O5S. The zero-order valence-corrected chi connectivity index (χ0v) is 11.9. The summed E-state index contributed by atoms with van der Waals surface area (Å²) in [5, 5.41) is 8.89. The lowest BCUT2D eigenvalue weighted by atomic mass is 10.1. The molecule has 1 N–H and O–H groups in total. The highest BCUT2D eigenvalue weighted by atomic mass is 32.2. The molecule has 106 valence electrons. The summed E-state index contributed by atoms with van der Waals surface area (Å²) in [6.45, 7) is 4.22. The highest BCUT2D eigenvalue weighted by molar-refractivity contribution is 7.91. The molecule has 1 aromatic rings. The van der Waals surface area contributed by atoms with Gasteiger partial charge in [-0.05, 0) is 31.0 Å². The molecule has 0 aliphatic heterocycles. The van der Waals surface area contributed by atoms with Crippen molar-refractivity contribution in [3.8, 4) is 0 Å². The minimum atomic E-state index is -3.52. The number of benzene rings is 1. The molecule has 1 aromatic carbocycles. The number of hydrogen-bond acceptors (Lipinski definition) is 4. The number of rotatable bonds is 7. The summed E-state index contributed by atoms with van der Waals surface area (Å²) in [6, 6.07) is 4.10. The average molecular weight is 286 g/mol. The van der Waals surface area contributed by atoms with Crippen molar-refractivity contribution in [1.82, 2.24) is 0 Å². The van der Waals surface area contributed by atoms with Crippen LogP contribution in [0.2, 0.25) is 0 Å². The van der Waals surface area contributed by atoms with Gasteiger partial charge in [-0.2, -0.15) is 0 Å². The van der Waals surface area contributed by atoms with Gasteiger partial charge in [0.1, 0.15) is 0 Å². The average Bonchev–Trinajstić information content (AvgIpc) is 2.34. The monoisotopic (exact) mass is 286 g/mol. The van der Waals surface area contributed by atoms with E-state index in [1.165, 1.54) is 18.2 Å². The van der Waals surface area contributed by atoms with Crippen molar-refractivity contribution in [2.75, 3.05) is 19.0 Å². The lowest BCUT2D eigenvalue weighted by molar-refractivity contribution is 0.0696. The summed E-state index contributed by atoms with van der Waals surface area (Å²) in [7, 11) is -3.52. The van der Waals surface area contributed by atoms with Crippen LogP contribution in [0.3, 0.4) is 0 Å². The van der Waals surface area contributed by atoms with Gasteiger partial charge in [0.05, 0.1) is 22.8 Å². The van der Waals surface area contributed by atoms with E-state index in [-0.39, 0.29) is 22.8 Å². The summed E-state index contributed by atoms with van der Waals surface area (Å²) < 4.78 is 29.4. The maximum absolute atomic E-state index is 12.1. The molecule has 0 heterocycles. The van der Waals surface area contributed by atoms with Crippen LogP contribution < -0.4 is 0 Å². The van der Waals surface area contributed by atoms with Crippen LogP contribution in [-0.4, -0.2) is 38.5 Å². The standard InChI is InChI=1S/C13H18O5S/c1-3-6-18-7-8-19(16,17)12-9-11(13(14)15)5-4-10(12)2/h4-5,9H,3,6-8H2,1-2H3,(H,14,15). The van der Waals surface area contributed by atoms with Crippen LogP contribution in [0.15, 0.2) is 23.1 Å². The van der Waals surface area contributed by atoms with Crippen LogP contribution in [-0.2, 0) is 14.6 Å².